The number of rotatable bonds is 3. The number of hydrogen-bond acceptors (Lipinski definition) is 6. The van der Waals surface area contributed by atoms with Gasteiger partial charge in [0.25, 0.3) is 0 Å². The summed E-state index contributed by atoms with van der Waals surface area (Å²) in [6, 6.07) is 0. The Morgan fingerprint density at radius 1 is 1.50 bits per heavy atom. The van der Waals surface area contributed by atoms with Crippen LogP contribution in [-0.4, -0.2) is 29.8 Å². The van der Waals surface area contributed by atoms with Gasteiger partial charge in [0.05, 0.1) is 6.61 Å². The van der Waals surface area contributed by atoms with Crippen molar-refractivity contribution in [2.24, 2.45) is 7.05 Å². The third-order valence-electron chi connectivity index (χ3n) is 1.87. The number of nitrogens with zero attached hydrogens (tertiary/aromatic N) is 5. The Morgan fingerprint density at radius 2 is 2.31 bits per heavy atom. The third kappa shape index (κ3) is 2.16. The summed E-state index contributed by atoms with van der Waals surface area (Å²) in [5.74, 6) is 0. The fourth-order valence-corrected chi connectivity index (χ4v) is 2.13. The Morgan fingerprint density at radius 3 is 2.94 bits per heavy atom. The van der Waals surface area contributed by atoms with Gasteiger partial charge in [-0.05, 0) is 11.8 Å². The minimum absolute atomic E-state index is 0.208. The Labute approximate surface area is 101 Å². The standard InChI is InChI=1S/C8H8ClN5OS/c1-14-4-12-13-8(14)16-7-5(2-15)6(9)10-3-11-7/h3-4,15H,2H2,1H3. The number of aliphatic hydroxyl groups is 1. The summed E-state index contributed by atoms with van der Waals surface area (Å²) in [5.41, 5.74) is 0.497. The average molecular weight is 258 g/mol. The van der Waals surface area contributed by atoms with Gasteiger partial charge >= 0.3 is 0 Å². The first-order valence-corrected chi connectivity index (χ1v) is 5.54. The van der Waals surface area contributed by atoms with E-state index in [9.17, 15) is 5.11 Å². The Hall–Kier alpha value is -1.18. The molecule has 0 saturated heterocycles. The van der Waals surface area contributed by atoms with Crippen LogP contribution in [0, 0.1) is 0 Å². The number of aryl methyl sites for hydroxylation is 1. The molecule has 0 atom stereocenters. The Balaban J connectivity index is 2.35. The Bertz CT molecular complexity index is 503. The molecule has 2 heterocycles. The fraction of sp³-hybridized carbons (Fsp3) is 0.250. The van der Waals surface area contributed by atoms with Gasteiger partial charge < -0.3 is 9.67 Å². The summed E-state index contributed by atoms with van der Waals surface area (Å²) in [5, 5.41) is 18.3. The van der Waals surface area contributed by atoms with Crippen LogP contribution in [0.3, 0.4) is 0 Å². The van der Waals surface area contributed by atoms with Crippen molar-refractivity contribution in [1.82, 2.24) is 24.7 Å². The summed E-state index contributed by atoms with van der Waals surface area (Å²) < 4.78 is 1.75. The van der Waals surface area contributed by atoms with Crippen molar-refractivity contribution in [1.29, 1.82) is 0 Å². The molecule has 0 bridgehead atoms. The van der Waals surface area contributed by atoms with Crippen LogP contribution in [0.4, 0.5) is 0 Å². The second-order valence-corrected chi connectivity index (χ2v) is 4.25. The van der Waals surface area contributed by atoms with Crippen LogP contribution >= 0.6 is 23.4 Å². The van der Waals surface area contributed by atoms with E-state index in [0.29, 0.717) is 15.7 Å². The van der Waals surface area contributed by atoms with Crippen molar-refractivity contribution in [3.05, 3.63) is 23.4 Å². The highest BCUT2D eigenvalue weighted by molar-refractivity contribution is 7.99. The van der Waals surface area contributed by atoms with E-state index in [1.165, 1.54) is 18.1 Å². The first-order chi connectivity index (χ1) is 7.72. The molecule has 0 amide bonds. The van der Waals surface area contributed by atoms with Gasteiger partial charge in [0.1, 0.15) is 22.8 Å². The van der Waals surface area contributed by atoms with Crippen molar-refractivity contribution < 1.29 is 5.11 Å². The predicted octanol–water partition coefficient (Wildman–Crippen LogP) is 0.902. The molecule has 0 aliphatic carbocycles. The van der Waals surface area contributed by atoms with E-state index in [2.05, 4.69) is 20.2 Å². The zero-order valence-electron chi connectivity index (χ0n) is 8.33. The highest BCUT2D eigenvalue weighted by Crippen LogP contribution is 2.29. The summed E-state index contributed by atoms with van der Waals surface area (Å²) in [6.07, 6.45) is 2.93. The van der Waals surface area contributed by atoms with Gasteiger partial charge in [-0.25, -0.2) is 9.97 Å². The molecule has 8 heteroatoms. The molecule has 0 aliphatic rings. The summed E-state index contributed by atoms with van der Waals surface area (Å²) in [7, 11) is 1.82. The largest absolute Gasteiger partial charge is 0.391 e. The maximum atomic E-state index is 9.18. The molecular weight excluding hydrogens is 250 g/mol. The molecule has 0 spiro atoms. The lowest BCUT2D eigenvalue weighted by Gasteiger charge is -2.05. The minimum atomic E-state index is -0.208. The molecule has 0 saturated carbocycles. The molecule has 0 aromatic carbocycles. The predicted molar refractivity (Wildman–Crippen MR) is 58.1 cm³/mol. The minimum Gasteiger partial charge on any atom is -0.391 e. The number of aliphatic hydroxyl groups excluding tert-OH is 1. The summed E-state index contributed by atoms with van der Waals surface area (Å²) in [6.45, 7) is -0.208. The molecule has 6 nitrogen and oxygen atoms in total. The van der Waals surface area contributed by atoms with Gasteiger partial charge in [0.15, 0.2) is 5.16 Å². The molecular formula is C8H8ClN5OS. The second-order valence-electron chi connectivity index (χ2n) is 2.93. The van der Waals surface area contributed by atoms with E-state index < -0.39 is 0 Å². The van der Waals surface area contributed by atoms with E-state index in [1.54, 1.807) is 10.9 Å². The highest BCUT2D eigenvalue weighted by Gasteiger charge is 2.12. The molecule has 0 radical (unpaired) electrons. The second kappa shape index (κ2) is 4.77. The third-order valence-corrected chi connectivity index (χ3v) is 3.29. The van der Waals surface area contributed by atoms with Crippen LogP contribution in [0.15, 0.2) is 22.8 Å². The lowest BCUT2D eigenvalue weighted by Crippen LogP contribution is -1.97. The highest BCUT2D eigenvalue weighted by atomic mass is 35.5. The van der Waals surface area contributed by atoms with E-state index >= 15 is 0 Å². The van der Waals surface area contributed by atoms with E-state index in [4.69, 9.17) is 11.6 Å². The van der Waals surface area contributed by atoms with Crippen molar-refractivity contribution in [2.45, 2.75) is 16.8 Å². The normalized spacial score (nSPS) is 10.7. The van der Waals surface area contributed by atoms with Crippen LogP contribution < -0.4 is 0 Å². The molecule has 16 heavy (non-hydrogen) atoms. The van der Waals surface area contributed by atoms with Gasteiger partial charge in [0, 0.05) is 12.6 Å². The number of aromatic nitrogens is 5. The van der Waals surface area contributed by atoms with E-state index in [0.717, 1.165) is 0 Å². The monoisotopic (exact) mass is 257 g/mol. The van der Waals surface area contributed by atoms with Gasteiger partial charge in [0.2, 0.25) is 0 Å². The molecule has 2 aromatic heterocycles. The smallest absolute Gasteiger partial charge is 0.197 e. The van der Waals surface area contributed by atoms with Gasteiger partial charge in [-0.15, -0.1) is 10.2 Å². The maximum Gasteiger partial charge on any atom is 0.197 e. The first kappa shape index (κ1) is 11.3. The maximum absolute atomic E-state index is 9.18. The lowest BCUT2D eigenvalue weighted by atomic mass is 10.4. The number of halogens is 1. The first-order valence-electron chi connectivity index (χ1n) is 4.34. The van der Waals surface area contributed by atoms with Crippen LogP contribution in [0.1, 0.15) is 5.56 Å². The van der Waals surface area contributed by atoms with Crippen LogP contribution in [0.25, 0.3) is 0 Å². The molecule has 84 valence electrons. The lowest BCUT2D eigenvalue weighted by molar-refractivity contribution is 0.277. The van der Waals surface area contributed by atoms with Crippen LogP contribution in [-0.2, 0) is 13.7 Å². The van der Waals surface area contributed by atoms with E-state index in [1.807, 2.05) is 7.05 Å². The average Bonchev–Trinajstić information content (AvgIpc) is 2.65. The van der Waals surface area contributed by atoms with Crippen LogP contribution in [0.2, 0.25) is 5.15 Å². The zero-order chi connectivity index (χ0) is 11.5. The van der Waals surface area contributed by atoms with E-state index in [-0.39, 0.29) is 11.8 Å². The van der Waals surface area contributed by atoms with Gasteiger partial charge in [-0.3, -0.25) is 0 Å². The molecule has 1 N–H and O–H groups in total. The van der Waals surface area contributed by atoms with Gasteiger partial charge in [-0.1, -0.05) is 11.6 Å². The number of hydrogen-bond donors (Lipinski definition) is 1. The van der Waals surface area contributed by atoms with Crippen molar-refractivity contribution in [3.63, 3.8) is 0 Å². The van der Waals surface area contributed by atoms with Crippen LogP contribution in [0.5, 0.6) is 0 Å². The topological polar surface area (TPSA) is 76.7 Å². The van der Waals surface area contributed by atoms with Crippen molar-refractivity contribution in [3.8, 4) is 0 Å². The molecule has 2 rings (SSSR count). The Kier molecular flexibility index (Phi) is 3.37. The summed E-state index contributed by atoms with van der Waals surface area (Å²) >= 11 is 7.12. The molecule has 0 unspecified atom stereocenters. The molecule has 2 aromatic rings. The molecule has 0 fully saturated rings. The zero-order valence-corrected chi connectivity index (χ0v) is 9.90. The SMILES string of the molecule is Cn1cnnc1Sc1ncnc(Cl)c1CO. The fourth-order valence-electron chi connectivity index (χ4n) is 1.05. The summed E-state index contributed by atoms with van der Waals surface area (Å²) in [4.78, 5) is 7.85. The van der Waals surface area contributed by atoms with Crippen molar-refractivity contribution in [2.75, 3.05) is 0 Å². The van der Waals surface area contributed by atoms with Crippen molar-refractivity contribution >= 4 is 23.4 Å². The molecule has 0 aliphatic heterocycles. The van der Waals surface area contributed by atoms with Gasteiger partial charge in [-0.2, -0.15) is 0 Å². The quantitative estimate of drug-likeness (QED) is 0.824.